The first kappa shape index (κ1) is 17.2. The highest BCUT2D eigenvalue weighted by Crippen LogP contribution is 2.49. The minimum absolute atomic E-state index is 0. The molecule has 1 aliphatic heterocycles. The van der Waals surface area contributed by atoms with Gasteiger partial charge in [-0.1, -0.05) is 0 Å². The summed E-state index contributed by atoms with van der Waals surface area (Å²) in [6, 6.07) is 3.81. The highest BCUT2D eigenvalue weighted by atomic mass is 35.5. The molecule has 122 valence electrons. The second-order valence-electron chi connectivity index (χ2n) is 6.03. The zero-order valence-corrected chi connectivity index (χ0v) is 13.3. The molecule has 1 amide bonds. The molecule has 3 unspecified atom stereocenters. The number of halogens is 3. The third kappa shape index (κ3) is 3.41. The van der Waals surface area contributed by atoms with E-state index in [1.54, 1.807) is 0 Å². The monoisotopic (exact) mass is 330 g/mol. The Balaban J connectivity index is 0.00000176. The Morgan fingerprint density at radius 2 is 2.14 bits per heavy atom. The summed E-state index contributed by atoms with van der Waals surface area (Å²) in [6.45, 7) is 1.48. The van der Waals surface area contributed by atoms with E-state index in [0.29, 0.717) is 24.6 Å². The predicted octanol–water partition coefficient (Wildman–Crippen LogP) is 2.70. The molecular weight excluding hydrogens is 310 g/mol. The van der Waals surface area contributed by atoms with Gasteiger partial charge in [-0.2, -0.15) is 0 Å². The fourth-order valence-corrected chi connectivity index (χ4v) is 3.26. The van der Waals surface area contributed by atoms with Gasteiger partial charge in [0.2, 0.25) is 5.91 Å². The molecule has 1 aliphatic carbocycles. The van der Waals surface area contributed by atoms with Crippen LogP contribution in [-0.2, 0) is 4.79 Å². The molecule has 3 atom stereocenters. The Morgan fingerprint density at radius 3 is 2.86 bits per heavy atom. The van der Waals surface area contributed by atoms with Gasteiger partial charge in [0.05, 0.1) is 0 Å². The average molecular weight is 331 g/mol. The van der Waals surface area contributed by atoms with Crippen molar-refractivity contribution < 1.29 is 13.6 Å². The van der Waals surface area contributed by atoms with Crippen LogP contribution in [0, 0.1) is 17.6 Å². The van der Waals surface area contributed by atoms with Crippen molar-refractivity contribution in [3.8, 4) is 0 Å². The van der Waals surface area contributed by atoms with E-state index >= 15 is 0 Å². The minimum Gasteiger partial charge on any atom is -0.341 e. The maximum absolute atomic E-state index is 13.8. The second kappa shape index (κ2) is 6.92. The first-order chi connectivity index (χ1) is 10.1. The number of carbonyl (C=O) groups is 1. The number of nitrogens with zero attached hydrogens (tertiary/aromatic N) is 1. The molecule has 1 heterocycles. The van der Waals surface area contributed by atoms with Crippen LogP contribution in [0.15, 0.2) is 18.2 Å². The number of hydrogen-bond acceptors (Lipinski definition) is 2. The third-order valence-electron chi connectivity index (χ3n) is 4.61. The molecule has 1 saturated heterocycles. The minimum atomic E-state index is -0.447. The molecular formula is C16H21ClF2N2O. The first-order valence-electron chi connectivity index (χ1n) is 7.51. The van der Waals surface area contributed by atoms with Gasteiger partial charge in [-0.05, 0) is 56.0 Å². The summed E-state index contributed by atoms with van der Waals surface area (Å²) in [5, 5.41) is 3.20. The lowest BCUT2D eigenvalue weighted by atomic mass is 10.0. The van der Waals surface area contributed by atoms with Crippen LogP contribution in [0.4, 0.5) is 8.78 Å². The van der Waals surface area contributed by atoms with Crippen LogP contribution < -0.4 is 5.32 Å². The SMILES string of the molecule is CNC1CCCN(C(=O)C2CC2c2cc(F)ccc2F)C1.Cl. The molecule has 0 aromatic heterocycles. The van der Waals surface area contributed by atoms with Crippen molar-refractivity contribution in [3.05, 3.63) is 35.4 Å². The van der Waals surface area contributed by atoms with Crippen LogP contribution in [-0.4, -0.2) is 37.0 Å². The standard InChI is InChI=1S/C16H20F2N2O.ClH/c1-19-11-3-2-6-20(9-11)16(21)14-8-12(14)13-7-10(17)4-5-15(13)18;/h4-5,7,11-12,14,19H,2-3,6,8-9H2,1H3;1H. The zero-order chi connectivity index (χ0) is 15.0. The lowest BCUT2D eigenvalue weighted by molar-refractivity contribution is -0.134. The molecule has 1 saturated carbocycles. The van der Waals surface area contributed by atoms with Gasteiger partial charge in [-0.25, -0.2) is 8.78 Å². The number of rotatable bonds is 3. The summed E-state index contributed by atoms with van der Waals surface area (Å²) in [4.78, 5) is 14.4. The number of benzene rings is 1. The molecule has 1 aromatic rings. The Hall–Kier alpha value is -1.20. The van der Waals surface area contributed by atoms with Crippen molar-refractivity contribution in [2.24, 2.45) is 5.92 Å². The smallest absolute Gasteiger partial charge is 0.226 e. The molecule has 1 N–H and O–H groups in total. The molecule has 1 aromatic carbocycles. The molecule has 3 nitrogen and oxygen atoms in total. The Labute approximate surface area is 135 Å². The number of likely N-dealkylation sites (tertiary alicyclic amines) is 1. The number of piperidine rings is 1. The van der Waals surface area contributed by atoms with Crippen molar-refractivity contribution in [2.75, 3.05) is 20.1 Å². The largest absolute Gasteiger partial charge is 0.341 e. The van der Waals surface area contributed by atoms with Crippen molar-refractivity contribution >= 4 is 18.3 Å². The number of hydrogen-bond donors (Lipinski definition) is 1. The van der Waals surface area contributed by atoms with Gasteiger partial charge in [-0.3, -0.25) is 4.79 Å². The fourth-order valence-electron chi connectivity index (χ4n) is 3.26. The van der Waals surface area contributed by atoms with Crippen LogP contribution in [0.25, 0.3) is 0 Å². The van der Waals surface area contributed by atoms with E-state index in [2.05, 4.69) is 5.32 Å². The van der Waals surface area contributed by atoms with E-state index in [0.717, 1.165) is 31.5 Å². The topological polar surface area (TPSA) is 32.3 Å². The maximum atomic E-state index is 13.8. The van der Waals surface area contributed by atoms with Crippen LogP contribution >= 0.6 is 12.4 Å². The van der Waals surface area contributed by atoms with Crippen molar-refractivity contribution in [2.45, 2.75) is 31.2 Å². The quantitative estimate of drug-likeness (QED) is 0.924. The van der Waals surface area contributed by atoms with Gasteiger partial charge in [0, 0.05) is 25.0 Å². The normalized spacial score (nSPS) is 27.2. The molecule has 3 rings (SSSR count). The molecule has 0 spiro atoms. The van der Waals surface area contributed by atoms with Gasteiger partial charge in [0.25, 0.3) is 0 Å². The van der Waals surface area contributed by atoms with E-state index in [1.165, 1.54) is 6.07 Å². The van der Waals surface area contributed by atoms with Crippen LogP contribution in [0.5, 0.6) is 0 Å². The summed E-state index contributed by atoms with van der Waals surface area (Å²) in [5.41, 5.74) is 0.343. The molecule has 2 aliphatic rings. The summed E-state index contributed by atoms with van der Waals surface area (Å²) < 4.78 is 27.0. The predicted molar refractivity (Wildman–Crippen MR) is 83.1 cm³/mol. The van der Waals surface area contributed by atoms with Crippen molar-refractivity contribution in [1.29, 1.82) is 0 Å². The maximum Gasteiger partial charge on any atom is 0.226 e. The van der Waals surface area contributed by atoms with E-state index in [-0.39, 0.29) is 30.2 Å². The molecule has 0 radical (unpaired) electrons. The van der Waals surface area contributed by atoms with Crippen LogP contribution in [0.3, 0.4) is 0 Å². The lowest BCUT2D eigenvalue weighted by Gasteiger charge is -2.32. The van der Waals surface area contributed by atoms with Gasteiger partial charge in [0.1, 0.15) is 11.6 Å². The molecule has 22 heavy (non-hydrogen) atoms. The van der Waals surface area contributed by atoms with Crippen molar-refractivity contribution in [3.63, 3.8) is 0 Å². The summed E-state index contributed by atoms with van der Waals surface area (Å²) in [5.74, 6) is -1.12. The van der Waals surface area contributed by atoms with Crippen molar-refractivity contribution in [1.82, 2.24) is 10.2 Å². The zero-order valence-electron chi connectivity index (χ0n) is 12.5. The fraction of sp³-hybridized carbons (Fsp3) is 0.562. The number of likely N-dealkylation sites (N-methyl/N-ethyl adjacent to an activating group) is 1. The number of carbonyl (C=O) groups excluding carboxylic acids is 1. The Bertz CT molecular complexity index is 555. The third-order valence-corrected chi connectivity index (χ3v) is 4.61. The molecule has 6 heteroatoms. The summed E-state index contributed by atoms with van der Waals surface area (Å²) in [6.07, 6.45) is 2.69. The van der Waals surface area contributed by atoms with Crippen LogP contribution in [0.2, 0.25) is 0 Å². The Morgan fingerprint density at radius 1 is 1.36 bits per heavy atom. The van der Waals surface area contributed by atoms with E-state index in [9.17, 15) is 13.6 Å². The first-order valence-corrected chi connectivity index (χ1v) is 7.51. The average Bonchev–Trinajstić information content (AvgIpc) is 3.29. The van der Waals surface area contributed by atoms with Crippen LogP contribution in [0.1, 0.15) is 30.7 Å². The van der Waals surface area contributed by atoms with E-state index in [1.807, 2.05) is 11.9 Å². The number of amides is 1. The summed E-state index contributed by atoms with van der Waals surface area (Å²) in [7, 11) is 1.90. The molecule has 2 fully saturated rings. The highest BCUT2D eigenvalue weighted by Gasteiger charge is 2.47. The number of nitrogens with one attached hydrogen (secondary N) is 1. The summed E-state index contributed by atoms with van der Waals surface area (Å²) >= 11 is 0. The highest BCUT2D eigenvalue weighted by molar-refractivity contribution is 5.85. The lowest BCUT2D eigenvalue weighted by Crippen LogP contribution is -2.47. The molecule has 0 bridgehead atoms. The van der Waals surface area contributed by atoms with E-state index < -0.39 is 11.6 Å². The van der Waals surface area contributed by atoms with Gasteiger partial charge < -0.3 is 10.2 Å². The Kier molecular flexibility index (Phi) is 5.40. The van der Waals surface area contributed by atoms with Gasteiger partial charge >= 0.3 is 0 Å². The van der Waals surface area contributed by atoms with Gasteiger partial charge in [-0.15, -0.1) is 12.4 Å². The van der Waals surface area contributed by atoms with E-state index in [4.69, 9.17) is 0 Å². The second-order valence-corrected chi connectivity index (χ2v) is 6.03. The van der Waals surface area contributed by atoms with Gasteiger partial charge in [0.15, 0.2) is 0 Å².